The van der Waals surface area contributed by atoms with Crippen LogP contribution in [0.3, 0.4) is 0 Å². The number of nitrogens with one attached hydrogen (secondary N) is 1. The molecule has 0 saturated carbocycles. The lowest BCUT2D eigenvalue weighted by Crippen LogP contribution is -2.33. The number of aromatic nitrogens is 1. The molecule has 0 radical (unpaired) electrons. The Hall–Kier alpha value is -0.870. The number of anilines is 1. The maximum atomic E-state index is 11.7. The molecule has 10 heteroatoms. The van der Waals surface area contributed by atoms with Gasteiger partial charge in [0.05, 0.1) is 6.20 Å². The van der Waals surface area contributed by atoms with Crippen molar-refractivity contribution >= 4 is 26.5 Å². The van der Waals surface area contributed by atoms with Crippen LogP contribution in [0.2, 0.25) is 0 Å². The molecule has 0 fully saturated rings. The number of alkyl halides is 3. The van der Waals surface area contributed by atoms with Gasteiger partial charge in [-0.25, -0.2) is 18.1 Å². The third-order valence-electron chi connectivity index (χ3n) is 1.23. The molecule has 0 aliphatic rings. The zero-order chi connectivity index (χ0) is 11.7. The Kier molecular flexibility index (Phi) is 3.21. The van der Waals surface area contributed by atoms with Crippen molar-refractivity contribution in [2.45, 2.75) is 10.4 Å². The Balaban J connectivity index is 2.77. The average Bonchev–Trinajstić information content (AvgIpc) is 2.48. The highest BCUT2D eigenvalue weighted by atomic mass is 32.2. The Morgan fingerprint density at radius 3 is 2.53 bits per heavy atom. The van der Waals surface area contributed by atoms with Gasteiger partial charge in [0.25, 0.3) is 10.0 Å². The van der Waals surface area contributed by atoms with Gasteiger partial charge in [0, 0.05) is 0 Å². The van der Waals surface area contributed by atoms with Crippen molar-refractivity contribution in [1.29, 1.82) is 0 Å². The van der Waals surface area contributed by atoms with Crippen LogP contribution in [0.5, 0.6) is 0 Å². The summed E-state index contributed by atoms with van der Waals surface area (Å²) >= 11 is 0.594. The van der Waals surface area contributed by atoms with E-state index in [2.05, 4.69) is 4.98 Å². The number of sulfonamides is 1. The van der Waals surface area contributed by atoms with E-state index in [0.717, 1.165) is 6.20 Å². The van der Waals surface area contributed by atoms with Crippen LogP contribution in [-0.2, 0) is 10.0 Å². The first-order valence-corrected chi connectivity index (χ1v) is 5.78. The molecule has 5 nitrogen and oxygen atoms in total. The number of nitrogen functional groups attached to an aromatic ring is 1. The molecule has 0 unspecified atom stereocenters. The molecule has 1 aromatic heterocycles. The fourth-order valence-corrected chi connectivity index (χ4v) is 2.62. The van der Waals surface area contributed by atoms with Crippen LogP contribution in [0.4, 0.5) is 18.3 Å². The van der Waals surface area contributed by atoms with Gasteiger partial charge in [0.1, 0.15) is 6.54 Å². The van der Waals surface area contributed by atoms with E-state index in [1.54, 1.807) is 0 Å². The van der Waals surface area contributed by atoms with Gasteiger partial charge in [-0.15, -0.1) is 0 Å². The second-order valence-corrected chi connectivity index (χ2v) is 5.51. The summed E-state index contributed by atoms with van der Waals surface area (Å²) in [6, 6.07) is 0. The van der Waals surface area contributed by atoms with Crippen LogP contribution in [0.25, 0.3) is 0 Å². The highest BCUT2D eigenvalue weighted by molar-refractivity contribution is 7.91. The fourth-order valence-electron chi connectivity index (χ4n) is 0.644. The van der Waals surface area contributed by atoms with Crippen molar-refractivity contribution in [3.05, 3.63) is 6.20 Å². The quantitative estimate of drug-likeness (QED) is 0.832. The van der Waals surface area contributed by atoms with Gasteiger partial charge >= 0.3 is 6.18 Å². The summed E-state index contributed by atoms with van der Waals surface area (Å²) in [6.45, 7) is -1.62. The molecule has 0 aliphatic heterocycles. The molecule has 0 aliphatic carbocycles. The zero-order valence-corrected chi connectivity index (χ0v) is 8.71. The summed E-state index contributed by atoms with van der Waals surface area (Å²) in [7, 11) is -4.17. The minimum absolute atomic E-state index is 0.0256. The first kappa shape index (κ1) is 12.2. The number of thiazole rings is 1. The molecule has 0 bridgehead atoms. The van der Waals surface area contributed by atoms with Crippen molar-refractivity contribution in [1.82, 2.24) is 9.71 Å². The van der Waals surface area contributed by atoms with E-state index in [9.17, 15) is 21.6 Å². The zero-order valence-electron chi connectivity index (χ0n) is 7.08. The summed E-state index contributed by atoms with van der Waals surface area (Å²) in [5, 5.41) is -0.0256. The third-order valence-corrected chi connectivity index (χ3v) is 3.92. The van der Waals surface area contributed by atoms with E-state index in [4.69, 9.17) is 5.73 Å². The lowest BCUT2D eigenvalue weighted by molar-refractivity contribution is -0.121. The predicted molar refractivity (Wildman–Crippen MR) is 47.8 cm³/mol. The largest absolute Gasteiger partial charge is 0.402 e. The van der Waals surface area contributed by atoms with Gasteiger partial charge in [-0.2, -0.15) is 13.2 Å². The van der Waals surface area contributed by atoms with Gasteiger partial charge in [0.2, 0.25) is 0 Å². The van der Waals surface area contributed by atoms with Crippen molar-refractivity contribution < 1.29 is 21.6 Å². The van der Waals surface area contributed by atoms with Crippen LogP contribution in [0, 0.1) is 0 Å². The maximum absolute atomic E-state index is 11.7. The van der Waals surface area contributed by atoms with E-state index in [1.165, 1.54) is 4.72 Å². The summed E-state index contributed by atoms with van der Waals surface area (Å²) in [6.07, 6.45) is -3.69. The third kappa shape index (κ3) is 3.64. The molecule has 1 aromatic rings. The van der Waals surface area contributed by atoms with Crippen molar-refractivity contribution in [3.63, 3.8) is 0 Å². The molecule has 1 heterocycles. The van der Waals surface area contributed by atoms with Crippen molar-refractivity contribution in [2.75, 3.05) is 12.3 Å². The lowest BCUT2D eigenvalue weighted by atomic mass is 10.7. The number of hydrogen-bond acceptors (Lipinski definition) is 5. The summed E-state index contributed by atoms with van der Waals surface area (Å²) in [5.74, 6) is 0. The maximum Gasteiger partial charge on any atom is 0.402 e. The lowest BCUT2D eigenvalue weighted by Gasteiger charge is -2.06. The molecule has 0 aromatic carbocycles. The smallest absolute Gasteiger partial charge is 0.375 e. The number of nitrogens with zero attached hydrogens (tertiary/aromatic N) is 1. The van der Waals surface area contributed by atoms with Crippen molar-refractivity contribution in [2.24, 2.45) is 0 Å². The molecule has 0 saturated heterocycles. The minimum Gasteiger partial charge on any atom is -0.375 e. The van der Waals surface area contributed by atoms with Crippen LogP contribution in [-0.4, -0.2) is 26.1 Å². The molecular weight excluding hydrogens is 255 g/mol. The topological polar surface area (TPSA) is 85.1 Å². The van der Waals surface area contributed by atoms with Gasteiger partial charge in [-0.1, -0.05) is 11.3 Å². The molecule has 1 rings (SSSR count). The van der Waals surface area contributed by atoms with Crippen LogP contribution in [0.1, 0.15) is 0 Å². The number of hydrogen-bond donors (Lipinski definition) is 2. The second-order valence-electron chi connectivity index (χ2n) is 2.46. The van der Waals surface area contributed by atoms with E-state index in [-0.39, 0.29) is 9.34 Å². The van der Waals surface area contributed by atoms with Gasteiger partial charge in [-0.3, -0.25) is 0 Å². The molecule has 0 atom stereocenters. The fraction of sp³-hybridized carbons (Fsp3) is 0.400. The highest BCUT2D eigenvalue weighted by Gasteiger charge is 2.30. The molecule has 0 amide bonds. The first-order valence-electron chi connectivity index (χ1n) is 3.48. The van der Waals surface area contributed by atoms with Crippen molar-refractivity contribution in [3.8, 4) is 0 Å². The highest BCUT2D eigenvalue weighted by Crippen LogP contribution is 2.21. The molecular formula is C5H6F3N3O2S2. The summed E-state index contributed by atoms with van der Waals surface area (Å²) in [4.78, 5) is 3.42. The van der Waals surface area contributed by atoms with E-state index < -0.39 is 22.7 Å². The van der Waals surface area contributed by atoms with Gasteiger partial charge in [0.15, 0.2) is 9.34 Å². The monoisotopic (exact) mass is 261 g/mol. The van der Waals surface area contributed by atoms with E-state index in [1.807, 2.05) is 0 Å². The van der Waals surface area contributed by atoms with E-state index in [0.29, 0.717) is 11.3 Å². The van der Waals surface area contributed by atoms with Gasteiger partial charge in [-0.05, 0) is 0 Å². The number of halogens is 3. The molecule has 0 spiro atoms. The molecule has 3 N–H and O–H groups in total. The van der Waals surface area contributed by atoms with Gasteiger partial charge < -0.3 is 5.73 Å². The van der Waals surface area contributed by atoms with E-state index >= 15 is 0 Å². The average molecular weight is 261 g/mol. The Morgan fingerprint density at radius 1 is 1.53 bits per heavy atom. The minimum atomic E-state index is -4.59. The van der Waals surface area contributed by atoms with Crippen LogP contribution < -0.4 is 10.5 Å². The molecule has 15 heavy (non-hydrogen) atoms. The Morgan fingerprint density at radius 2 is 2.13 bits per heavy atom. The SMILES string of the molecule is Nc1ncc(S(=O)(=O)NCC(F)(F)F)s1. The molecule has 86 valence electrons. The predicted octanol–water partition coefficient (Wildman–Crippen LogP) is 0.566. The normalized spacial score (nSPS) is 13.0. The first-order chi connectivity index (χ1) is 6.71. The Labute approximate surface area is 87.2 Å². The van der Waals surface area contributed by atoms with Crippen LogP contribution in [0.15, 0.2) is 10.4 Å². The summed E-state index contributed by atoms with van der Waals surface area (Å²) in [5.41, 5.74) is 5.15. The van der Waals surface area contributed by atoms with Crippen LogP contribution >= 0.6 is 11.3 Å². The number of rotatable bonds is 3. The Bertz CT molecular complexity index is 439. The number of nitrogens with two attached hydrogens (primary N) is 1. The standard InChI is InChI=1S/C5H6F3N3O2S2/c6-5(7,8)2-11-15(12,13)3-1-10-4(9)14-3/h1,11H,2H2,(H2,9,10). The summed E-state index contributed by atoms with van der Waals surface area (Å²) < 4.78 is 58.7. The second kappa shape index (κ2) is 3.94.